The quantitative estimate of drug-likeness (QED) is 0.881. The monoisotopic (exact) mass is 267 g/mol. The van der Waals surface area contributed by atoms with Crippen molar-refractivity contribution in [2.75, 3.05) is 6.54 Å². The Hall–Kier alpha value is -1.06. The standard InChI is InChI=1S/C14H18ClNO2/c15-12-7-5-10(6-8-12)13(17)9-16-14(18)11-3-1-2-4-11/h5-8,11,13,17H,1-4,9H2,(H,16,18). The summed E-state index contributed by atoms with van der Waals surface area (Å²) in [5.74, 6) is 0.211. The van der Waals surface area contributed by atoms with Crippen LogP contribution in [0.2, 0.25) is 5.02 Å². The first kappa shape index (κ1) is 13.4. The minimum absolute atomic E-state index is 0.0699. The summed E-state index contributed by atoms with van der Waals surface area (Å²) in [6.07, 6.45) is 3.55. The molecule has 4 heteroatoms. The molecule has 2 N–H and O–H groups in total. The van der Waals surface area contributed by atoms with Crippen molar-refractivity contribution >= 4 is 17.5 Å². The number of hydrogen-bond acceptors (Lipinski definition) is 2. The molecular weight excluding hydrogens is 250 g/mol. The van der Waals surface area contributed by atoms with Gasteiger partial charge < -0.3 is 10.4 Å². The Kier molecular flexibility index (Phi) is 4.61. The molecule has 98 valence electrons. The van der Waals surface area contributed by atoms with Crippen LogP contribution in [-0.4, -0.2) is 17.6 Å². The van der Waals surface area contributed by atoms with Gasteiger partial charge in [-0.2, -0.15) is 0 Å². The van der Waals surface area contributed by atoms with E-state index >= 15 is 0 Å². The summed E-state index contributed by atoms with van der Waals surface area (Å²) in [6, 6.07) is 7.02. The number of hydrogen-bond donors (Lipinski definition) is 2. The maximum Gasteiger partial charge on any atom is 0.223 e. The van der Waals surface area contributed by atoms with Crippen LogP contribution >= 0.6 is 11.6 Å². The van der Waals surface area contributed by atoms with E-state index in [4.69, 9.17) is 11.6 Å². The molecular formula is C14H18ClNO2. The molecule has 1 atom stereocenters. The number of carbonyl (C=O) groups excluding carboxylic acids is 1. The van der Waals surface area contributed by atoms with Crippen LogP contribution in [0, 0.1) is 5.92 Å². The van der Waals surface area contributed by atoms with Gasteiger partial charge in [-0.25, -0.2) is 0 Å². The minimum Gasteiger partial charge on any atom is -0.387 e. The van der Waals surface area contributed by atoms with E-state index in [0.29, 0.717) is 5.02 Å². The number of aliphatic hydroxyl groups excluding tert-OH is 1. The Morgan fingerprint density at radius 2 is 1.94 bits per heavy atom. The number of halogens is 1. The van der Waals surface area contributed by atoms with Gasteiger partial charge in [0.2, 0.25) is 5.91 Å². The topological polar surface area (TPSA) is 49.3 Å². The zero-order chi connectivity index (χ0) is 13.0. The van der Waals surface area contributed by atoms with Gasteiger partial charge in [-0.1, -0.05) is 36.6 Å². The van der Waals surface area contributed by atoms with E-state index in [-0.39, 0.29) is 18.4 Å². The molecule has 1 aliphatic carbocycles. The Bertz CT molecular complexity index is 399. The molecule has 0 bridgehead atoms. The van der Waals surface area contributed by atoms with Crippen LogP contribution in [0.15, 0.2) is 24.3 Å². The predicted octanol–water partition coefficient (Wildman–Crippen LogP) is 2.68. The summed E-state index contributed by atoms with van der Waals surface area (Å²) >= 11 is 5.78. The van der Waals surface area contributed by atoms with E-state index in [2.05, 4.69) is 5.32 Å². The minimum atomic E-state index is -0.674. The molecule has 0 heterocycles. The van der Waals surface area contributed by atoms with Crippen molar-refractivity contribution in [1.82, 2.24) is 5.32 Å². The summed E-state index contributed by atoms with van der Waals surface area (Å²) < 4.78 is 0. The Morgan fingerprint density at radius 3 is 2.56 bits per heavy atom. The number of aliphatic hydroxyl groups is 1. The molecule has 0 saturated heterocycles. The summed E-state index contributed by atoms with van der Waals surface area (Å²) in [4.78, 5) is 11.8. The second-order valence-corrected chi connectivity index (χ2v) is 5.23. The maximum absolute atomic E-state index is 11.8. The van der Waals surface area contributed by atoms with E-state index in [1.165, 1.54) is 0 Å². The molecule has 1 aromatic carbocycles. The molecule has 1 aromatic rings. The largest absolute Gasteiger partial charge is 0.387 e. The lowest BCUT2D eigenvalue weighted by atomic mass is 10.1. The van der Waals surface area contributed by atoms with Crippen molar-refractivity contribution < 1.29 is 9.90 Å². The van der Waals surface area contributed by atoms with Crippen LogP contribution in [0.3, 0.4) is 0 Å². The molecule has 0 spiro atoms. The highest BCUT2D eigenvalue weighted by molar-refractivity contribution is 6.30. The van der Waals surface area contributed by atoms with Crippen molar-refractivity contribution in [2.45, 2.75) is 31.8 Å². The van der Waals surface area contributed by atoms with Crippen molar-refractivity contribution in [2.24, 2.45) is 5.92 Å². The molecule has 0 aromatic heterocycles. The van der Waals surface area contributed by atoms with Crippen LogP contribution < -0.4 is 5.32 Å². The van der Waals surface area contributed by atoms with Gasteiger partial charge >= 0.3 is 0 Å². The summed E-state index contributed by atoms with van der Waals surface area (Å²) in [5.41, 5.74) is 0.770. The molecule has 0 radical (unpaired) electrons. The van der Waals surface area contributed by atoms with Gasteiger partial charge in [0, 0.05) is 17.5 Å². The summed E-state index contributed by atoms with van der Waals surface area (Å²) in [6.45, 7) is 0.261. The zero-order valence-electron chi connectivity index (χ0n) is 10.2. The van der Waals surface area contributed by atoms with E-state index in [0.717, 1.165) is 31.2 Å². The fourth-order valence-electron chi connectivity index (χ4n) is 2.33. The number of rotatable bonds is 4. The van der Waals surface area contributed by atoms with Crippen LogP contribution in [0.1, 0.15) is 37.4 Å². The highest BCUT2D eigenvalue weighted by atomic mass is 35.5. The fourth-order valence-corrected chi connectivity index (χ4v) is 2.46. The van der Waals surface area contributed by atoms with Gasteiger partial charge in [0.1, 0.15) is 0 Å². The van der Waals surface area contributed by atoms with E-state index in [9.17, 15) is 9.90 Å². The molecule has 3 nitrogen and oxygen atoms in total. The van der Waals surface area contributed by atoms with Crippen molar-refractivity contribution in [3.63, 3.8) is 0 Å². The fraction of sp³-hybridized carbons (Fsp3) is 0.500. The highest BCUT2D eigenvalue weighted by Crippen LogP contribution is 2.24. The molecule has 2 rings (SSSR count). The molecule has 0 aliphatic heterocycles. The first-order chi connectivity index (χ1) is 8.66. The number of amides is 1. The number of benzene rings is 1. The first-order valence-electron chi connectivity index (χ1n) is 6.38. The Balaban J connectivity index is 1.82. The lowest BCUT2D eigenvalue weighted by Crippen LogP contribution is -2.32. The predicted molar refractivity (Wildman–Crippen MR) is 71.4 cm³/mol. The third kappa shape index (κ3) is 3.47. The SMILES string of the molecule is O=C(NCC(O)c1ccc(Cl)cc1)C1CCCC1. The van der Waals surface area contributed by atoms with Gasteiger partial charge in [-0.15, -0.1) is 0 Å². The van der Waals surface area contributed by atoms with E-state index in [1.807, 2.05) is 0 Å². The molecule has 1 unspecified atom stereocenters. The normalized spacial score (nSPS) is 17.7. The van der Waals surface area contributed by atoms with E-state index in [1.54, 1.807) is 24.3 Å². The number of carbonyl (C=O) groups is 1. The van der Waals surface area contributed by atoms with E-state index < -0.39 is 6.10 Å². The molecule has 1 fully saturated rings. The van der Waals surface area contributed by atoms with Gasteiger partial charge in [0.15, 0.2) is 0 Å². The highest BCUT2D eigenvalue weighted by Gasteiger charge is 2.22. The smallest absolute Gasteiger partial charge is 0.223 e. The second kappa shape index (κ2) is 6.21. The van der Waals surface area contributed by atoms with Crippen LogP contribution in [0.4, 0.5) is 0 Å². The van der Waals surface area contributed by atoms with Crippen molar-refractivity contribution in [1.29, 1.82) is 0 Å². The molecule has 1 aliphatic rings. The van der Waals surface area contributed by atoms with Crippen LogP contribution in [0.5, 0.6) is 0 Å². The lowest BCUT2D eigenvalue weighted by Gasteiger charge is -2.14. The zero-order valence-corrected chi connectivity index (χ0v) is 11.0. The van der Waals surface area contributed by atoms with Crippen molar-refractivity contribution in [3.8, 4) is 0 Å². The van der Waals surface area contributed by atoms with Crippen molar-refractivity contribution in [3.05, 3.63) is 34.9 Å². The number of nitrogens with one attached hydrogen (secondary N) is 1. The third-order valence-corrected chi connectivity index (χ3v) is 3.70. The van der Waals surface area contributed by atoms with Gasteiger partial charge in [-0.05, 0) is 30.5 Å². The average Bonchev–Trinajstić information content (AvgIpc) is 2.90. The molecule has 1 amide bonds. The van der Waals surface area contributed by atoms with Gasteiger partial charge in [-0.3, -0.25) is 4.79 Å². The first-order valence-corrected chi connectivity index (χ1v) is 6.76. The average molecular weight is 268 g/mol. The van der Waals surface area contributed by atoms with Crippen LogP contribution in [0.25, 0.3) is 0 Å². The Morgan fingerprint density at radius 1 is 1.33 bits per heavy atom. The van der Waals surface area contributed by atoms with Crippen LogP contribution in [-0.2, 0) is 4.79 Å². The summed E-state index contributed by atoms with van der Waals surface area (Å²) in [5, 5.41) is 13.4. The molecule has 18 heavy (non-hydrogen) atoms. The summed E-state index contributed by atoms with van der Waals surface area (Å²) in [7, 11) is 0. The maximum atomic E-state index is 11.8. The molecule has 1 saturated carbocycles. The Labute approximate surface area is 112 Å². The third-order valence-electron chi connectivity index (χ3n) is 3.45. The van der Waals surface area contributed by atoms with Gasteiger partial charge in [0.25, 0.3) is 0 Å². The lowest BCUT2D eigenvalue weighted by molar-refractivity contribution is -0.125. The van der Waals surface area contributed by atoms with Gasteiger partial charge in [0.05, 0.1) is 6.10 Å². The second-order valence-electron chi connectivity index (χ2n) is 4.79.